The van der Waals surface area contributed by atoms with Crippen LogP contribution in [0.5, 0.6) is 0 Å². The molecule has 1 heterocycles. The summed E-state index contributed by atoms with van der Waals surface area (Å²) in [7, 11) is 0. The first kappa shape index (κ1) is 14.3. The SMILES string of the molecule is CC1(CO)CC(N)CN(C(=O)OC(C)(C)C)C1. The van der Waals surface area contributed by atoms with E-state index in [4.69, 9.17) is 10.5 Å². The van der Waals surface area contributed by atoms with Crippen LogP contribution in [0.25, 0.3) is 0 Å². The lowest BCUT2D eigenvalue weighted by molar-refractivity contribution is -0.00773. The summed E-state index contributed by atoms with van der Waals surface area (Å²) in [6.07, 6.45) is 0.371. The number of aliphatic hydroxyl groups is 1. The largest absolute Gasteiger partial charge is 0.444 e. The highest BCUT2D eigenvalue weighted by Crippen LogP contribution is 2.29. The van der Waals surface area contributed by atoms with Gasteiger partial charge >= 0.3 is 6.09 Å². The maximum absolute atomic E-state index is 11.9. The quantitative estimate of drug-likeness (QED) is 0.720. The predicted octanol–water partition coefficient (Wildman–Crippen LogP) is 0.953. The van der Waals surface area contributed by atoms with Crippen molar-refractivity contribution in [3.63, 3.8) is 0 Å². The second-order valence-electron chi connectivity index (χ2n) is 6.29. The summed E-state index contributed by atoms with van der Waals surface area (Å²) in [4.78, 5) is 13.5. The molecule has 1 amide bonds. The van der Waals surface area contributed by atoms with Crippen molar-refractivity contribution in [2.75, 3.05) is 19.7 Å². The molecular weight excluding hydrogens is 220 g/mol. The van der Waals surface area contributed by atoms with Crippen molar-refractivity contribution in [3.8, 4) is 0 Å². The smallest absolute Gasteiger partial charge is 0.410 e. The van der Waals surface area contributed by atoms with Gasteiger partial charge in [-0.05, 0) is 27.2 Å². The van der Waals surface area contributed by atoms with E-state index in [0.717, 1.165) is 6.42 Å². The summed E-state index contributed by atoms with van der Waals surface area (Å²) in [5.74, 6) is 0. The molecule has 0 aliphatic carbocycles. The Morgan fingerprint density at radius 3 is 2.65 bits per heavy atom. The van der Waals surface area contributed by atoms with Crippen LogP contribution in [0.15, 0.2) is 0 Å². The molecule has 100 valence electrons. The van der Waals surface area contributed by atoms with Gasteiger partial charge in [0.15, 0.2) is 0 Å². The van der Waals surface area contributed by atoms with Crippen LogP contribution in [0.4, 0.5) is 4.79 Å². The Morgan fingerprint density at radius 2 is 2.18 bits per heavy atom. The van der Waals surface area contributed by atoms with Crippen molar-refractivity contribution in [2.45, 2.75) is 45.8 Å². The lowest BCUT2D eigenvalue weighted by atomic mass is 9.81. The summed E-state index contributed by atoms with van der Waals surface area (Å²) >= 11 is 0. The van der Waals surface area contributed by atoms with Crippen molar-refractivity contribution in [1.29, 1.82) is 0 Å². The van der Waals surface area contributed by atoms with E-state index in [1.165, 1.54) is 0 Å². The zero-order valence-corrected chi connectivity index (χ0v) is 11.2. The van der Waals surface area contributed by atoms with E-state index in [-0.39, 0.29) is 24.2 Å². The van der Waals surface area contributed by atoms with Gasteiger partial charge < -0.3 is 20.5 Å². The summed E-state index contributed by atoms with van der Waals surface area (Å²) < 4.78 is 5.31. The molecule has 1 rings (SSSR count). The third-order valence-electron chi connectivity index (χ3n) is 2.82. The molecule has 0 aromatic rings. The van der Waals surface area contributed by atoms with Crippen LogP contribution < -0.4 is 5.73 Å². The number of amides is 1. The standard InChI is InChI=1S/C12H24N2O3/c1-11(2,3)17-10(16)14-6-9(13)5-12(4,7-14)8-15/h9,15H,5-8,13H2,1-4H3. The van der Waals surface area contributed by atoms with Crippen LogP contribution in [0.1, 0.15) is 34.1 Å². The molecule has 1 aliphatic heterocycles. The average Bonchev–Trinajstić information content (AvgIpc) is 2.14. The number of nitrogens with two attached hydrogens (primary N) is 1. The fourth-order valence-electron chi connectivity index (χ4n) is 2.15. The van der Waals surface area contributed by atoms with Crippen LogP contribution in [-0.2, 0) is 4.74 Å². The van der Waals surface area contributed by atoms with Gasteiger partial charge in [-0.2, -0.15) is 0 Å². The van der Waals surface area contributed by atoms with E-state index in [0.29, 0.717) is 13.1 Å². The van der Waals surface area contributed by atoms with Crippen molar-refractivity contribution in [1.82, 2.24) is 4.90 Å². The first-order valence-electron chi connectivity index (χ1n) is 6.00. The summed E-state index contributed by atoms with van der Waals surface area (Å²) in [6, 6.07) is -0.103. The van der Waals surface area contributed by atoms with E-state index in [1.807, 2.05) is 27.7 Å². The number of carbonyl (C=O) groups excluding carboxylic acids is 1. The van der Waals surface area contributed by atoms with Crippen molar-refractivity contribution in [2.24, 2.45) is 11.1 Å². The fourth-order valence-corrected chi connectivity index (χ4v) is 2.15. The van der Waals surface area contributed by atoms with Crippen LogP contribution >= 0.6 is 0 Å². The number of hydrogen-bond donors (Lipinski definition) is 2. The molecule has 1 saturated heterocycles. The van der Waals surface area contributed by atoms with E-state index in [9.17, 15) is 9.90 Å². The number of likely N-dealkylation sites (tertiary alicyclic amines) is 1. The van der Waals surface area contributed by atoms with Crippen LogP contribution in [-0.4, -0.2) is 47.4 Å². The number of ether oxygens (including phenoxy) is 1. The minimum absolute atomic E-state index is 0.0278. The Balaban J connectivity index is 2.68. The normalized spacial score (nSPS) is 30.2. The number of carbonyl (C=O) groups is 1. The van der Waals surface area contributed by atoms with Crippen LogP contribution in [0.3, 0.4) is 0 Å². The minimum atomic E-state index is -0.506. The van der Waals surface area contributed by atoms with Gasteiger partial charge in [0.25, 0.3) is 0 Å². The van der Waals surface area contributed by atoms with Crippen molar-refractivity contribution < 1.29 is 14.6 Å². The molecule has 0 aromatic heterocycles. The number of nitrogens with zero attached hydrogens (tertiary/aromatic N) is 1. The third-order valence-corrected chi connectivity index (χ3v) is 2.82. The molecule has 3 N–H and O–H groups in total. The Hall–Kier alpha value is -0.810. The van der Waals surface area contributed by atoms with E-state index >= 15 is 0 Å². The number of rotatable bonds is 1. The van der Waals surface area contributed by atoms with Gasteiger partial charge in [0, 0.05) is 24.5 Å². The number of aliphatic hydroxyl groups excluding tert-OH is 1. The molecule has 2 atom stereocenters. The first-order chi connectivity index (χ1) is 7.65. The van der Waals surface area contributed by atoms with Gasteiger partial charge in [0.2, 0.25) is 0 Å². The van der Waals surface area contributed by atoms with Gasteiger partial charge in [-0.25, -0.2) is 4.79 Å². The second kappa shape index (κ2) is 4.82. The highest BCUT2D eigenvalue weighted by atomic mass is 16.6. The number of piperidine rings is 1. The van der Waals surface area contributed by atoms with Gasteiger partial charge in [-0.3, -0.25) is 0 Å². The molecule has 0 spiro atoms. The minimum Gasteiger partial charge on any atom is -0.444 e. The van der Waals surface area contributed by atoms with Gasteiger partial charge in [0.1, 0.15) is 5.60 Å². The van der Waals surface area contributed by atoms with E-state index in [1.54, 1.807) is 4.90 Å². The lowest BCUT2D eigenvalue weighted by Crippen LogP contribution is -2.55. The van der Waals surface area contributed by atoms with Gasteiger partial charge in [-0.15, -0.1) is 0 Å². The fraction of sp³-hybridized carbons (Fsp3) is 0.917. The van der Waals surface area contributed by atoms with Crippen molar-refractivity contribution in [3.05, 3.63) is 0 Å². The Morgan fingerprint density at radius 1 is 1.59 bits per heavy atom. The Labute approximate surface area is 103 Å². The molecule has 17 heavy (non-hydrogen) atoms. The zero-order valence-electron chi connectivity index (χ0n) is 11.2. The molecular formula is C12H24N2O3. The highest BCUT2D eigenvalue weighted by molar-refractivity contribution is 5.68. The molecule has 1 aliphatic rings. The van der Waals surface area contributed by atoms with Crippen molar-refractivity contribution >= 4 is 6.09 Å². The first-order valence-corrected chi connectivity index (χ1v) is 6.00. The van der Waals surface area contributed by atoms with Crippen LogP contribution in [0.2, 0.25) is 0 Å². The maximum Gasteiger partial charge on any atom is 0.410 e. The maximum atomic E-state index is 11.9. The highest BCUT2D eigenvalue weighted by Gasteiger charge is 2.37. The molecule has 1 fully saturated rings. The predicted molar refractivity (Wildman–Crippen MR) is 65.6 cm³/mol. The zero-order chi connectivity index (χ0) is 13.3. The molecule has 0 radical (unpaired) electrons. The molecule has 5 heteroatoms. The summed E-state index contributed by atoms with van der Waals surface area (Å²) in [5.41, 5.74) is 5.09. The molecule has 0 aromatic carbocycles. The Bertz CT molecular complexity index is 288. The van der Waals surface area contributed by atoms with Gasteiger partial charge in [0.05, 0.1) is 6.61 Å². The second-order valence-corrected chi connectivity index (χ2v) is 6.29. The topological polar surface area (TPSA) is 75.8 Å². The van der Waals surface area contributed by atoms with E-state index in [2.05, 4.69) is 0 Å². The monoisotopic (exact) mass is 244 g/mol. The summed E-state index contributed by atoms with van der Waals surface area (Å²) in [5, 5.41) is 9.37. The molecule has 2 unspecified atom stereocenters. The van der Waals surface area contributed by atoms with E-state index < -0.39 is 5.60 Å². The molecule has 0 saturated carbocycles. The average molecular weight is 244 g/mol. The number of hydrogen-bond acceptors (Lipinski definition) is 4. The summed E-state index contributed by atoms with van der Waals surface area (Å²) in [6.45, 7) is 8.44. The molecule has 5 nitrogen and oxygen atoms in total. The third kappa shape index (κ3) is 4.16. The van der Waals surface area contributed by atoms with Gasteiger partial charge in [-0.1, -0.05) is 6.92 Å². The molecule has 0 bridgehead atoms. The van der Waals surface area contributed by atoms with Crippen LogP contribution in [0, 0.1) is 5.41 Å². The lowest BCUT2D eigenvalue weighted by Gasteiger charge is -2.42. The Kier molecular flexibility index (Phi) is 4.04.